The molecule has 0 spiro atoms. The van der Waals surface area contributed by atoms with Gasteiger partial charge in [-0.15, -0.1) is 0 Å². The summed E-state index contributed by atoms with van der Waals surface area (Å²) < 4.78 is 18.0. The fraction of sp³-hybridized carbons (Fsp3) is 0.750. The normalized spacial score (nSPS) is 57.0. The van der Waals surface area contributed by atoms with E-state index < -0.39 is 0 Å². The topological polar surface area (TPSA) is 44.8 Å². The number of carbonyl (C=O) groups is 1. The van der Waals surface area contributed by atoms with Crippen molar-refractivity contribution in [1.82, 2.24) is 0 Å². The molecule has 3 aliphatic heterocycles. The summed E-state index contributed by atoms with van der Waals surface area (Å²) >= 11 is 0. The molecule has 8 atom stereocenters. The van der Waals surface area contributed by atoms with Crippen LogP contribution in [-0.2, 0) is 19.0 Å². The second-order valence-corrected chi connectivity index (χ2v) is 8.90. The Morgan fingerprint density at radius 1 is 1.25 bits per heavy atom. The highest BCUT2D eigenvalue weighted by molar-refractivity contribution is 5.76. The Labute approximate surface area is 143 Å². The van der Waals surface area contributed by atoms with Gasteiger partial charge in [-0.2, -0.15) is 0 Å². The average Bonchev–Trinajstić information content (AvgIpc) is 3.05. The summed E-state index contributed by atoms with van der Waals surface area (Å²) in [5.41, 5.74) is 1.16. The van der Waals surface area contributed by atoms with E-state index in [1.165, 1.54) is 0 Å². The van der Waals surface area contributed by atoms with E-state index in [0.717, 1.165) is 31.3 Å². The molecule has 3 fully saturated rings. The largest absolute Gasteiger partial charge is 0.468 e. The maximum absolute atomic E-state index is 12.5. The van der Waals surface area contributed by atoms with Gasteiger partial charge in [0.1, 0.15) is 6.10 Å². The monoisotopic (exact) mass is 330 g/mol. The Bertz CT molecular complexity index is 652. The lowest BCUT2D eigenvalue weighted by molar-refractivity contribution is -0.226. The molecule has 0 N–H and O–H groups in total. The summed E-state index contributed by atoms with van der Waals surface area (Å²) in [4.78, 5) is 12.5. The standard InChI is InChI=1S/C20H26O4/c1-11-10-15-20(3)13(17(21)24-15)4-5-14-16(20)19(11,2)8-6-12-7-9-22-18(12)23-14/h6-7,9,11,13-16,18H,4-5,8,10H2,1-3H3/b12-6-/t11-,13+,14-,15+,16?,18?,19+,20+/m1/s1. The lowest BCUT2D eigenvalue weighted by atomic mass is 9.43. The van der Waals surface area contributed by atoms with Crippen LogP contribution in [-0.4, -0.2) is 24.5 Å². The summed E-state index contributed by atoms with van der Waals surface area (Å²) in [7, 11) is 0. The van der Waals surface area contributed by atoms with Gasteiger partial charge in [0.2, 0.25) is 6.29 Å². The fourth-order valence-electron chi connectivity index (χ4n) is 6.50. The zero-order chi connectivity index (χ0) is 16.7. The number of allylic oxidation sites excluding steroid dienone is 1. The Kier molecular flexibility index (Phi) is 2.91. The van der Waals surface area contributed by atoms with E-state index in [1.54, 1.807) is 6.26 Å². The molecule has 0 radical (unpaired) electrons. The lowest BCUT2D eigenvalue weighted by Gasteiger charge is -2.61. The van der Waals surface area contributed by atoms with Gasteiger partial charge in [0.05, 0.1) is 18.3 Å². The minimum atomic E-state index is -0.270. The zero-order valence-electron chi connectivity index (χ0n) is 14.7. The molecule has 5 rings (SSSR count). The molecule has 2 aliphatic carbocycles. The van der Waals surface area contributed by atoms with Crippen molar-refractivity contribution in [2.45, 2.75) is 65.0 Å². The van der Waals surface area contributed by atoms with Crippen LogP contribution in [0, 0.1) is 28.6 Å². The molecule has 1 saturated heterocycles. The van der Waals surface area contributed by atoms with Crippen LogP contribution in [0.25, 0.3) is 0 Å². The molecular weight excluding hydrogens is 304 g/mol. The highest BCUT2D eigenvalue weighted by Gasteiger charge is 2.69. The first-order valence-corrected chi connectivity index (χ1v) is 9.32. The van der Waals surface area contributed by atoms with E-state index >= 15 is 0 Å². The molecule has 5 aliphatic rings. The number of hydrogen-bond donors (Lipinski definition) is 0. The van der Waals surface area contributed by atoms with Crippen molar-refractivity contribution in [3.63, 3.8) is 0 Å². The number of esters is 1. The fourth-order valence-corrected chi connectivity index (χ4v) is 6.50. The number of rotatable bonds is 0. The molecule has 2 unspecified atom stereocenters. The summed E-state index contributed by atoms with van der Waals surface area (Å²) in [6, 6.07) is 0. The van der Waals surface area contributed by atoms with Gasteiger partial charge >= 0.3 is 5.97 Å². The van der Waals surface area contributed by atoms with E-state index in [4.69, 9.17) is 14.2 Å². The van der Waals surface area contributed by atoms with Gasteiger partial charge in [0, 0.05) is 16.9 Å². The highest BCUT2D eigenvalue weighted by Crippen LogP contribution is 2.67. The van der Waals surface area contributed by atoms with Crippen molar-refractivity contribution < 1.29 is 19.0 Å². The SMILES string of the molecule is C[C@@H]1C[C@@H]2OC(=O)[C@@H]3CC[C@H]4OC5OC=C/C5=C/C[C@]1(C)C4[C@]23C. The minimum Gasteiger partial charge on any atom is -0.468 e. The van der Waals surface area contributed by atoms with E-state index in [2.05, 4.69) is 26.8 Å². The molecule has 3 heterocycles. The van der Waals surface area contributed by atoms with E-state index in [1.807, 2.05) is 6.08 Å². The first-order valence-electron chi connectivity index (χ1n) is 9.32. The summed E-state index contributed by atoms with van der Waals surface area (Å²) in [6.45, 7) is 7.02. The van der Waals surface area contributed by atoms with E-state index in [9.17, 15) is 4.79 Å². The number of ether oxygens (including phenoxy) is 3. The van der Waals surface area contributed by atoms with Crippen LogP contribution in [0.1, 0.15) is 46.5 Å². The van der Waals surface area contributed by atoms with E-state index in [-0.39, 0.29) is 41.2 Å². The predicted octanol–water partition coefficient (Wildman–Crippen LogP) is 3.58. The molecule has 130 valence electrons. The van der Waals surface area contributed by atoms with Crippen LogP contribution in [0.2, 0.25) is 0 Å². The maximum Gasteiger partial charge on any atom is 0.309 e. The average molecular weight is 330 g/mol. The predicted molar refractivity (Wildman–Crippen MR) is 87.7 cm³/mol. The molecule has 0 aromatic heterocycles. The molecule has 4 nitrogen and oxygen atoms in total. The Morgan fingerprint density at radius 2 is 2.08 bits per heavy atom. The van der Waals surface area contributed by atoms with Gasteiger partial charge in [-0.25, -0.2) is 0 Å². The van der Waals surface area contributed by atoms with Gasteiger partial charge in [-0.1, -0.05) is 26.8 Å². The molecule has 0 amide bonds. The second kappa shape index (κ2) is 4.66. The molecular formula is C20H26O4. The molecule has 0 aromatic rings. The number of fused-ring (bicyclic) bond motifs is 1. The molecule has 2 saturated carbocycles. The Hall–Kier alpha value is -1.29. The van der Waals surface area contributed by atoms with Crippen molar-refractivity contribution >= 4 is 5.97 Å². The first kappa shape index (κ1) is 15.0. The smallest absolute Gasteiger partial charge is 0.309 e. The van der Waals surface area contributed by atoms with Crippen LogP contribution < -0.4 is 0 Å². The molecule has 0 bridgehead atoms. The van der Waals surface area contributed by atoms with Crippen LogP contribution >= 0.6 is 0 Å². The highest BCUT2D eigenvalue weighted by atomic mass is 16.7. The first-order chi connectivity index (χ1) is 11.4. The van der Waals surface area contributed by atoms with Gasteiger partial charge in [0.25, 0.3) is 0 Å². The minimum absolute atomic E-state index is 0.0227. The summed E-state index contributed by atoms with van der Waals surface area (Å²) in [5.74, 6) is 0.876. The molecule has 0 aromatic carbocycles. The van der Waals surface area contributed by atoms with E-state index in [0.29, 0.717) is 11.8 Å². The third kappa shape index (κ3) is 1.66. The quantitative estimate of drug-likeness (QED) is 0.637. The van der Waals surface area contributed by atoms with Gasteiger partial charge in [-0.3, -0.25) is 4.79 Å². The van der Waals surface area contributed by atoms with Crippen molar-refractivity contribution in [1.29, 1.82) is 0 Å². The Balaban J connectivity index is 1.65. The van der Waals surface area contributed by atoms with Crippen molar-refractivity contribution in [3.05, 3.63) is 24.0 Å². The van der Waals surface area contributed by atoms with Crippen LogP contribution in [0.5, 0.6) is 0 Å². The lowest BCUT2D eigenvalue weighted by Crippen LogP contribution is -2.62. The summed E-state index contributed by atoms with van der Waals surface area (Å²) in [5, 5.41) is 0. The third-order valence-electron chi connectivity index (χ3n) is 7.98. The summed E-state index contributed by atoms with van der Waals surface area (Å²) in [6.07, 6.45) is 9.75. The molecule has 4 heteroatoms. The number of carbonyl (C=O) groups excluding carboxylic acids is 1. The van der Waals surface area contributed by atoms with Crippen LogP contribution in [0.15, 0.2) is 24.0 Å². The zero-order valence-corrected chi connectivity index (χ0v) is 14.7. The van der Waals surface area contributed by atoms with Gasteiger partial charge < -0.3 is 14.2 Å². The third-order valence-corrected chi connectivity index (χ3v) is 7.98. The van der Waals surface area contributed by atoms with Crippen LogP contribution in [0.3, 0.4) is 0 Å². The van der Waals surface area contributed by atoms with Crippen molar-refractivity contribution in [3.8, 4) is 0 Å². The van der Waals surface area contributed by atoms with Gasteiger partial charge in [0.15, 0.2) is 0 Å². The Morgan fingerprint density at radius 3 is 2.92 bits per heavy atom. The van der Waals surface area contributed by atoms with Crippen molar-refractivity contribution in [2.24, 2.45) is 28.6 Å². The maximum atomic E-state index is 12.5. The van der Waals surface area contributed by atoms with Crippen molar-refractivity contribution in [2.75, 3.05) is 0 Å². The van der Waals surface area contributed by atoms with Crippen LogP contribution in [0.4, 0.5) is 0 Å². The second-order valence-electron chi connectivity index (χ2n) is 8.90. The molecule has 24 heavy (non-hydrogen) atoms. The van der Waals surface area contributed by atoms with Gasteiger partial charge in [-0.05, 0) is 43.1 Å². The number of hydrogen-bond acceptors (Lipinski definition) is 4.